The smallest absolute Gasteiger partial charge is 0.164 e. The van der Waals surface area contributed by atoms with Crippen LogP contribution in [0.5, 0.6) is 0 Å². The van der Waals surface area contributed by atoms with Gasteiger partial charge in [0.05, 0.1) is 11.4 Å². The topological polar surface area (TPSA) is 77.3 Å². The number of rotatable bonds is 9. The SMILES string of the molecule is c1ccc(-c2cc(-c3ccccc3)cc(-c3cc(-c4ccc(-c5cccc(-c6nc(-c7ccccc7)nc(-c7ccc8cnccc8c7)n6)c5)cc4)nc(-c4ccccc4)n3)c2)cc1. The minimum atomic E-state index is 0.603. The van der Waals surface area contributed by atoms with Crippen LogP contribution in [0.25, 0.3) is 112 Å². The minimum absolute atomic E-state index is 0.603. The Morgan fingerprint density at radius 3 is 1.22 bits per heavy atom. The van der Waals surface area contributed by atoms with Crippen LogP contribution in [-0.4, -0.2) is 29.9 Å². The van der Waals surface area contributed by atoms with Crippen LogP contribution in [-0.2, 0) is 0 Å². The third-order valence-corrected chi connectivity index (χ3v) is 11.4. The monoisotopic (exact) mass is 818 g/mol. The van der Waals surface area contributed by atoms with Crippen molar-refractivity contribution < 1.29 is 0 Å². The fourth-order valence-electron chi connectivity index (χ4n) is 8.07. The first-order valence-electron chi connectivity index (χ1n) is 21.2. The van der Waals surface area contributed by atoms with Crippen molar-refractivity contribution in [1.29, 1.82) is 0 Å². The molecular formula is C58H38N6. The molecular weight excluding hydrogens is 781 g/mol. The predicted octanol–water partition coefficient (Wildman–Crippen LogP) is 14.2. The first-order chi connectivity index (χ1) is 31.7. The molecule has 3 aromatic heterocycles. The normalized spacial score (nSPS) is 11.1. The van der Waals surface area contributed by atoms with Crippen molar-refractivity contribution >= 4 is 10.8 Å². The highest BCUT2D eigenvalue weighted by Crippen LogP contribution is 2.36. The number of hydrogen-bond acceptors (Lipinski definition) is 6. The van der Waals surface area contributed by atoms with Crippen LogP contribution in [0.3, 0.4) is 0 Å². The number of hydrogen-bond donors (Lipinski definition) is 0. The summed E-state index contributed by atoms with van der Waals surface area (Å²) in [6.07, 6.45) is 3.67. The van der Waals surface area contributed by atoms with Gasteiger partial charge in [-0.3, -0.25) is 4.98 Å². The molecule has 6 nitrogen and oxygen atoms in total. The zero-order valence-electron chi connectivity index (χ0n) is 34.6. The lowest BCUT2D eigenvalue weighted by atomic mass is 9.94. The third kappa shape index (κ3) is 7.95. The standard InChI is InChI=1S/C58H38N6/c1-5-14-39(15-6-1)50-34-51(40-16-7-2-8-17-40)36-52(35-50)54-37-53(60-55(61-54)43-18-9-3-10-19-43)42-26-24-41(25-27-42)45-22-13-23-47(32-45)57-62-56(44-20-11-4-12-21-44)63-58(64-57)48-28-29-49-38-59-31-30-46(49)33-48/h1-38H. The Balaban J connectivity index is 0.973. The lowest BCUT2D eigenvalue weighted by molar-refractivity contribution is 1.07. The Kier molecular flexibility index (Phi) is 10.1. The summed E-state index contributed by atoms with van der Waals surface area (Å²) in [4.78, 5) is 29.7. The maximum Gasteiger partial charge on any atom is 0.164 e. The highest BCUT2D eigenvalue weighted by molar-refractivity contribution is 5.86. The average molecular weight is 819 g/mol. The van der Waals surface area contributed by atoms with Crippen LogP contribution >= 0.6 is 0 Å². The van der Waals surface area contributed by atoms with E-state index in [0.29, 0.717) is 23.3 Å². The van der Waals surface area contributed by atoms with Crippen LogP contribution in [0, 0.1) is 0 Å². The van der Waals surface area contributed by atoms with Crippen molar-refractivity contribution in [2.75, 3.05) is 0 Å². The van der Waals surface area contributed by atoms with E-state index < -0.39 is 0 Å². The average Bonchev–Trinajstić information content (AvgIpc) is 3.39. The van der Waals surface area contributed by atoms with Crippen molar-refractivity contribution in [1.82, 2.24) is 29.9 Å². The highest BCUT2D eigenvalue weighted by Gasteiger charge is 2.16. The molecule has 8 aromatic carbocycles. The molecule has 0 bridgehead atoms. The van der Waals surface area contributed by atoms with Crippen molar-refractivity contribution in [3.8, 4) is 101 Å². The zero-order chi connectivity index (χ0) is 42.7. The fourth-order valence-corrected chi connectivity index (χ4v) is 8.07. The molecule has 0 aliphatic rings. The van der Waals surface area contributed by atoms with E-state index in [0.717, 1.165) is 88.9 Å². The fraction of sp³-hybridized carbons (Fsp3) is 0. The molecule has 11 aromatic rings. The maximum absolute atomic E-state index is 5.21. The molecule has 0 fully saturated rings. The van der Waals surface area contributed by atoms with Gasteiger partial charge in [0.15, 0.2) is 23.3 Å². The number of nitrogens with zero attached hydrogens (tertiary/aromatic N) is 6. The lowest BCUT2D eigenvalue weighted by Gasteiger charge is -2.13. The van der Waals surface area contributed by atoms with Crippen molar-refractivity contribution in [3.63, 3.8) is 0 Å². The third-order valence-electron chi connectivity index (χ3n) is 11.4. The van der Waals surface area contributed by atoms with E-state index in [2.05, 4.69) is 163 Å². The summed E-state index contributed by atoms with van der Waals surface area (Å²) in [5, 5.41) is 2.13. The summed E-state index contributed by atoms with van der Waals surface area (Å²) in [7, 11) is 0. The van der Waals surface area contributed by atoms with Gasteiger partial charge in [-0.05, 0) is 81.2 Å². The molecule has 11 rings (SSSR count). The zero-order valence-corrected chi connectivity index (χ0v) is 34.6. The van der Waals surface area contributed by atoms with Gasteiger partial charge in [-0.15, -0.1) is 0 Å². The van der Waals surface area contributed by atoms with E-state index in [9.17, 15) is 0 Å². The molecule has 0 amide bonds. The first kappa shape index (κ1) is 38.2. The molecule has 0 N–H and O–H groups in total. The molecule has 0 spiro atoms. The van der Waals surface area contributed by atoms with Gasteiger partial charge in [0.2, 0.25) is 0 Å². The summed E-state index contributed by atoms with van der Waals surface area (Å²) >= 11 is 0. The van der Waals surface area contributed by atoms with Gasteiger partial charge >= 0.3 is 0 Å². The number of pyridine rings is 1. The summed E-state index contributed by atoms with van der Waals surface area (Å²) in [5.74, 6) is 2.50. The summed E-state index contributed by atoms with van der Waals surface area (Å²) in [6.45, 7) is 0. The first-order valence-corrected chi connectivity index (χ1v) is 21.2. The van der Waals surface area contributed by atoms with Gasteiger partial charge in [0, 0.05) is 51.2 Å². The van der Waals surface area contributed by atoms with E-state index in [1.807, 2.05) is 66.9 Å². The van der Waals surface area contributed by atoms with Gasteiger partial charge in [0.25, 0.3) is 0 Å². The Bertz CT molecular complexity index is 3360. The Morgan fingerprint density at radius 1 is 0.219 bits per heavy atom. The molecule has 0 aliphatic heterocycles. The maximum atomic E-state index is 5.21. The molecule has 0 saturated heterocycles. The largest absolute Gasteiger partial charge is 0.264 e. The number of benzene rings is 8. The van der Waals surface area contributed by atoms with Crippen LogP contribution < -0.4 is 0 Å². The molecule has 0 saturated carbocycles. The molecule has 0 unspecified atom stereocenters. The summed E-state index contributed by atoms with van der Waals surface area (Å²) in [5.41, 5.74) is 14.0. The van der Waals surface area contributed by atoms with E-state index >= 15 is 0 Å². The van der Waals surface area contributed by atoms with Crippen LogP contribution in [0.1, 0.15) is 0 Å². The summed E-state index contributed by atoms with van der Waals surface area (Å²) < 4.78 is 0. The second-order valence-corrected chi connectivity index (χ2v) is 15.6. The quantitative estimate of drug-likeness (QED) is 0.144. The molecule has 0 radical (unpaired) electrons. The minimum Gasteiger partial charge on any atom is -0.264 e. The Labute approximate surface area is 371 Å². The predicted molar refractivity (Wildman–Crippen MR) is 260 cm³/mol. The number of aromatic nitrogens is 6. The molecule has 6 heteroatoms. The Morgan fingerprint density at radius 2 is 0.625 bits per heavy atom. The molecule has 64 heavy (non-hydrogen) atoms. The molecule has 3 heterocycles. The van der Waals surface area contributed by atoms with Crippen molar-refractivity contribution in [2.45, 2.75) is 0 Å². The van der Waals surface area contributed by atoms with E-state index in [1.165, 1.54) is 0 Å². The van der Waals surface area contributed by atoms with Crippen LogP contribution in [0.15, 0.2) is 231 Å². The van der Waals surface area contributed by atoms with Crippen molar-refractivity contribution in [2.24, 2.45) is 0 Å². The number of fused-ring (bicyclic) bond motifs is 1. The van der Waals surface area contributed by atoms with Crippen LogP contribution in [0.2, 0.25) is 0 Å². The van der Waals surface area contributed by atoms with Gasteiger partial charge in [-0.1, -0.05) is 176 Å². The molecule has 0 atom stereocenters. The van der Waals surface area contributed by atoms with Gasteiger partial charge < -0.3 is 0 Å². The molecule has 0 aliphatic carbocycles. The van der Waals surface area contributed by atoms with Gasteiger partial charge in [0.1, 0.15) is 0 Å². The van der Waals surface area contributed by atoms with Crippen LogP contribution in [0.4, 0.5) is 0 Å². The van der Waals surface area contributed by atoms with E-state index in [-0.39, 0.29) is 0 Å². The van der Waals surface area contributed by atoms with Crippen molar-refractivity contribution in [3.05, 3.63) is 231 Å². The van der Waals surface area contributed by atoms with Gasteiger partial charge in [-0.2, -0.15) is 0 Å². The summed E-state index contributed by atoms with van der Waals surface area (Å²) in [6, 6.07) is 75.3. The van der Waals surface area contributed by atoms with E-state index in [1.54, 1.807) is 6.20 Å². The lowest BCUT2D eigenvalue weighted by Crippen LogP contribution is -2.00. The molecule has 300 valence electrons. The van der Waals surface area contributed by atoms with E-state index in [4.69, 9.17) is 24.9 Å². The highest BCUT2D eigenvalue weighted by atomic mass is 15.0. The second kappa shape index (κ2) is 17.0. The van der Waals surface area contributed by atoms with Gasteiger partial charge in [-0.25, -0.2) is 24.9 Å². The Hall–Kier alpha value is -8.74. The second-order valence-electron chi connectivity index (χ2n) is 15.6.